The summed E-state index contributed by atoms with van der Waals surface area (Å²) in [7, 11) is 0. The number of rotatable bonds is 4. The second-order valence-corrected chi connectivity index (χ2v) is 4.02. The number of thiophene rings is 1. The Bertz CT molecular complexity index is 231. The molecule has 0 saturated heterocycles. The van der Waals surface area contributed by atoms with Gasteiger partial charge in [0.1, 0.15) is 5.94 Å². The molecule has 4 heteroatoms. The summed E-state index contributed by atoms with van der Waals surface area (Å²) in [6.07, 6.45) is 2.30. The van der Waals surface area contributed by atoms with E-state index in [-0.39, 0.29) is 5.97 Å². The molecule has 1 aromatic rings. The van der Waals surface area contributed by atoms with E-state index >= 15 is 0 Å². The topological polar surface area (TPSA) is 26.3 Å². The van der Waals surface area contributed by atoms with Crippen molar-refractivity contribution < 1.29 is 9.53 Å². The SMILES string of the molecule is CSCOC(=O)Cc1cccs1. The maximum atomic E-state index is 11.0. The van der Waals surface area contributed by atoms with Crippen LogP contribution in [0.1, 0.15) is 4.88 Å². The quantitative estimate of drug-likeness (QED) is 0.553. The number of ether oxygens (including phenoxy) is 1. The Balaban J connectivity index is 2.27. The van der Waals surface area contributed by atoms with E-state index in [1.165, 1.54) is 11.8 Å². The highest BCUT2D eigenvalue weighted by atomic mass is 32.2. The summed E-state index contributed by atoms with van der Waals surface area (Å²) in [5.41, 5.74) is 0. The lowest BCUT2D eigenvalue weighted by molar-refractivity contribution is -0.140. The van der Waals surface area contributed by atoms with Gasteiger partial charge in [0.2, 0.25) is 0 Å². The second kappa shape index (κ2) is 5.22. The highest BCUT2D eigenvalue weighted by Crippen LogP contribution is 2.09. The van der Waals surface area contributed by atoms with Gasteiger partial charge in [-0.25, -0.2) is 0 Å². The monoisotopic (exact) mass is 202 g/mol. The van der Waals surface area contributed by atoms with Gasteiger partial charge in [-0.05, 0) is 17.7 Å². The van der Waals surface area contributed by atoms with Gasteiger partial charge >= 0.3 is 5.97 Å². The zero-order valence-corrected chi connectivity index (χ0v) is 8.41. The lowest BCUT2D eigenvalue weighted by atomic mass is 10.3. The molecule has 0 aromatic carbocycles. The van der Waals surface area contributed by atoms with E-state index in [9.17, 15) is 4.79 Å². The third-order valence-electron chi connectivity index (χ3n) is 1.24. The summed E-state index contributed by atoms with van der Waals surface area (Å²) in [5.74, 6) is 0.302. The summed E-state index contributed by atoms with van der Waals surface area (Å²) < 4.78 is 4.90. The van der Waals surface area contributed by atoms with E-state index in [4.69, 9.17) is 4.74 Å². The molecule has 0 aliphatic carbocycles. The summed E-state index contributed by atoms with van der Waals surface area (Å²) >= 11 is 3.08. The van der Waals surface area contributed by atoms with E-state index in [2.05, 4.69) is 0 Å². The van der Waals surface area contributed by atoms with Crippen LogP contribution in [0.15, 0.2) is 17.5 Å². The molecule has 1 heterocycles. The number of esters is 1. The molecule has 0 amide bonds. The van der Waals surface area contributed by atoms with Crippen molar-refractivity contribution in [2.45, 2.75) is 6.42 Å². The first-order valence-electron chi connectivity index (χ1n) is 3.50. The molecule has 0 spiro atoms. The Kier molecular flexibility index (Phi) is 4.18. The summed E-state index contributed by atoms with van der Waals surface area (Å²) in [5, 5.41) is 1.96. The van der Waals surface area contributed by atoms with Gasteiger partial charge in [0.15, 0.2) is 0 Å². The molecule has 0 aliphatic heterocycles. The lowest BCUT2D eigenvalue weighted by Gasteiger charge is -1.99. The standard InChI is InChI=1S/C8H10O2S2/c1-11-6-10-8(9)5-7-3-2-4-12-7/h2-4H,5-6H2,1H3. The van der Waals surface area contributed by atoms with Crippen LogP contribution >= 0.6 is 23.1 Å². The average molecular weight is 202 g/mol. The van der Waals surface area contributed by atoms with Crippen LogP contribution in [0.25, 0.3) is 0 Å². The molecule has 0 aliphatic rings. The average Bonchev–Trinajstić information content (AvgIpc) is 2.53. The minimum Gasteiger partial charge on any atom is -0.454 e. The minimum absolute atomic E-state index is 0.146. The van der Waals surface area contributed by atoms with E-state index in [0.29, 0.717) is 12.4 Å². The van der Waals surface area contributed by atoms with Crippen molar-refractivity contribution in [2.24, 2.45) is 0 Å². The zero-order chi connectivity index (χ0) is 8.81. The van der Waals surface area contributed by atoms with E-state index in [1.54, 1.807) is 11.3 Å². The predicted octanol–water partition coefficient (Wildman–Crippen LogP) is 2.15. The number of hydrogen-bond donors (Lipinski definition) is 0. The first-order chi connectivity index (χ1) is 5.83. The van der Waals surface area contributed by atoms with Crippen molar-refractivity contribution in [3.05, 3.63) is 22.4 Å². The first-order valence-corrected chi connectivity index (χ1v) is 5.77. The van der Waals surface area contributed by atoms with E-state index in [1.807, 2.05) is 23.8 Å². The van der Waals surface area contributed by atoms with Crippen LogP contribution in [-0.4, -0.2) is 18.2 Å². The van der Waals surface area contributed by atoms with Crippen molar-refractivity contribution in [3.8, 4) is 0 Å². The van der Waals surface area contributed by atoms with E-state index < -0.39 is 0 Å². The molecular weight excluding hydrogens is 192 g/mol. The Morgan fingerprint density at radius 3 is 3.17 bits per heavy atom. The summed E-state index contributed by atoms with van der Waals surface area (Å²) in [6.45, 7) is 0. The van der Waals surface area contributed by atoms with Gasteiger partial charge in [0, 0.05) is 4.88 Å². The molecule has 0 N–H and O–H groups in total. The van der Waals surface area contributed by atoms with Crippen molar-refractivity contribution in [1.29, 1.82) is 0 Å². The molecule has 2 nitrogen and oxygen atoms in total. The van der Waals surface area contributed by atoms with Crippen LogP contribution in [0.2, 0.25) is 0 Å². The molecule has 0 saturated carbocycles. The smallest absolute Gasteiger partial charge is 0.311 e. The van der Waals surface area contributed by atoms with Gasteiger partial charge in [-0.15, -0.1) is 23.1 Å². The molecule has 0 radical (unpaired) electrons. The molecule has 0 bridgehead atoms. The van der Waals surface area contributed by atoms with Crippen LogP contribution < -0.4 is 0 Å². The Morgan fingerprint density at radius 1 is 1.75 bits per heavy atom. The van der Waals surface area contributed by atoms with Crippen LogP contribution in [0.4, 0.5) is 0 Å². The predicted molar refractivity (Wildman–Crippen MR) is 52.5 cm³/mol. The molecule has 0 fully saturated rings. The molecule has 0 atom stereocenters. The Labute approximate surface area is 79.9 Å². The van der Waals surface area contributed by atoms with Gasteiger partial charge in [0.25, 0.3) is 0 Å². The number of thioether (sulfide) groups is 1. The van der Waals surface area contributed by atoms with Crippen LogP contribution in [-0.2, 0) is 16.0 Å². The minimum atomic E-state index is -0.146. The first kappa shape index (κ1) is 9.61. The molecule has 66 valence electrons. The van der Waals surface area contributed by atoms with Gasteiger partial charge in [0.05, 0.1) is 6.42 Å². The highest BCUT2D eigenvalue weighted by Gasteiger charge is 2.03. The number of carbonyl (C=O) groups excluding carboxylic acids is 1. The van der Waals surface area contributed by atoms with Gasteiger partial charge in [-0.1, -0.05) is 6.07 Å². The fourth-order valence-corrected chi connectivity index (χ4v) is 1.67. The second-order valence-electron chi connectivity index (χ2n) is 2.18. The van der Waals surface area contributed by atoms with Gasteiger partial charge in [-0.2, -0.15) is 0 Å². The largest absolute Gasteiger partial charge is 0.454 e. The third kappa shape index (κ3) is 3.28. The van der Waals surface area contributed by atoms with Crippen molar-refractivity contribution >= 4 is 29.1 Å². The Hall–Kier alpha value is -0.480. The molecular formula is C8H10O2S2. The van der Waals surface area contributed by atoms with Crippen LogP contribution in [0.3, 0.4) is 0 Å². The van der Waals surface area contributed by atoms with Crippen LogP contribution in [0.5, 0.6) is 0 Å². The summed E-state index contributed by atoms with van der Waals surface area (Å²) in [6, 6.07) is 3.87. The van der Waals surface area contributed by atoms with Crippen molar-refractivity contribution in [3.63, 3.8) is 0 Å². The zero-order valence-electron chi connectivity index (χ0n) is 6.78. The maximum absolute atomic E-state index is 11.0. The van der Waals surface area contributed by atoms with Gasteiger partial charge < -0.3 is 4.74 Å². The molecule has 1 rings (SSSR count). The molecule has 1 aromatic heterocycles. The normalized spacial score (nSPS) is 9.75. The third-order valence-corrected chi connectivity index (χ3v) is 2.47. The number of hydrogen-bond acceptors (Lipinski definition) is 4. The van der Waals surface area contributed by atoms with Crippen LogP contribution in [0, 0.1) is 0 Å². The fraction of sp³-hybridized carbons (Fsp3) is 0.375. The number of carbonyl (C=O) groups is 1. The highest BCUT2D eigenvalue weighted by molar-refractivity contribution is 7.98. The lowest BCUT2D eigenvalue weighted by Crippen LogP contribution is -2.06. The maximum Gasteiger partial charge on any atom is 0.311 e. The van der Waals surface area contributed by atoms with Crippen molar-refractivity contribution in [2.75, 3.05) is 12.2 Å². The molecule has 12 heavy (non-hydrogen) atoms. The van der Waals surface area contributed by atoms with Gasteiger partial charge in [-0.3, -0.25) is 4.79 Å². The molecule has 0 unspecified atom stereocenters. The summed E-state index contributed by atoms with van der Waals surface area (Å²) in [4.78, 5) is 12.1. The fourth-order valence-electron chi connectivity index (χ4n) is 0.731. The van der Waals surface area contributed by atoms with Crippen molar-refractivity contribution in [1.82, 2.24) is 0 Å². The Morgan fingerprint density at radius 2 is 2.58 bits per heavy atom. The van der Waals surface area contributed by atoms with E-state index in [0.717, 1.165) is 4.88 Å².